The van der Waals surface area contributed by atoms with Gasteiger partial charge in [-0.1, -0.05) is 12.1 Å². The van der Waals surface area contributed by atoms with E-state index in [2.05, 4.69) is 10.6 Å². The van der Waals surface area contributed by atoms with E-state index in [-0.39, 0.29) is 5.91 Å². The smallest absolute Gasteiger partial charge is 0.220 e. The molecule has 1 aromatic carbocycles. The predicted molar refractivity (Wildman–Crippen MR) is 75.3 cm³/mol. The number of carbonyl (C=O) groups is 1. The molecule has 1 atom stereocenters. The maximum Gasteiger partial charge on any atom is 0.220 e. The van der Waals surface area contributed by atoms with Crippen LogP contribution in [0.15, 0.2) is 24.3 Å². The van der Waals surface area contributed by atoms with Crippen molar-refractivity contribution in [3.63, 3.8) is 0 Å². The van der Waals surface area contributed by atoms with Gasteiger partial charge in [0.15, 0.2) is 0 Å². The summed E-state index contributed by atoms with van der Waals surface area (Å²) < 4.78 is 5.11. The van der Waals surface area contributed by atoms with Crippen LogP contribution in [0.3, 0.4) is 0 Å². The van der Waals surface area contributed by atoms with Crippen molar-refractivity contribution in [3.8, 4) is 5.75 Å². The van der Waals surface area contributed by atoms with Crippen LogP contribution < -0.4 is 15.4 Å². The van der Waals surface area contributed by atoms with Crippen molar-refractivity contribution < 1.29 is 9.53 Å². The number of amides is 1. The number of methoxy groups -OCH3 is 1. The fourth-order valence-electron chi connectivity index (χ4n) is 2.36. The quantitative estimate of drug-likeness (QED) is 0.813. The SMILES string of the molecule is COc1ccc(CCNC(=O)CC2CCNC2)cc1. The molecular formula is C15H22N2O2. The van der Waals surface area contributed by atoms with Crippen molar-refractivity contribution in [2.45, 2.75) is 19.3 Å². The van der Waals surface area contributed by atoms with Gasteiger partial charge in [0.05, 0.1) is 7.11 Å². The molecule has 0 spiro atoms. The van der Waals surface area contributed by atoms with Crippen LogP contribution in [-0.4, -0.2) is 32.7 Å². The van der Waals surface area contributed by atoms with Gasteiger partial charge in [0, 0.05) is 13.0 Å². The van der Waals surface area contributed by atoms with Crippen LogP contribution in [0.5, 0.6) is 5.75 Å². The van der Waals surface area contributed by atoms with E-state index in [1.54, 1.807) is 7.11 Å². The highest BCUT2D eigenvalue weighted by atomic mass is 16.5. The second kappa shape index (κ2) is 7.14. The third-order valence-corrected chi connectivity index (χ3v) is 3.53. The lowest BCUT2D eigenvalue weighted by molar-refractivity contribution is -0.121. The fourth-order valence-corrected chi connectivity index (χ4v) is 2.36. The van der Waals surface area contributed by atoms with Crippen LogP contribution in [0.25, 0.3) is 0 Å². The molecule has 1 heterocycles. The Morgan fingerprint density at radius 1 is 1.42 bits per heavy atom. The largest absolute Gasteiger partial charge is 0.497 e. The number of carbonyl (C=O) groups excluding carboxylic acids is 1. The average molecular weight is 262 g/mol. The van der Waals surface area contributed by atoms with Gasteiger partial charge in [-0.3, -0.25) is 4.79 Å². The van der Waals surface area contributed by atoms with Gasteiger partial charge < -0.3 is 15.4 Å². The summed E-state index contributed by atoms with van der Waals surface area (Å²) in [5.74, 6) is 1.55. The highest BCUT2D eigenvalue weighted by molar-refractivity contribution is 5.76. The van der Waals surface area contributed by atoms with Gasteiger partial charge in [0.25, 0.3) is 0 Å². The summed E-state index contributed by atoms with van der Waals surface area (Å²) >= 11 is 0. The number of benzene rings is 1. The summed E-state index contributed by atoms with van der Waals surface area (Å²) in [5, 5.41) is 6.27. The van der Waals surface area contributed by atoms with Crippen molar-refractivity contribution in [1.82, 2.24) is 10.6 Å². The molecule has 0 aliphatic carbocycles. The molecule has 0 bridgehead atoms. The molecule has 4 heteroatoms. The lowest BCUT2D eigenvalue weighted by Gasteiger charge is -2.09. The maximum atomic E-state index is 11.7. The van der Waals surface area contributed by atoms with Gasteiger partial charge in [0.1, 0.15) is 5.75 Å². The molecule has 1 aromatic rings. The van der Waals surface area contributed by atoms with Crippen molar-refractivity contribution in [3.05, 3.63) is 29.8 Å². The monoisotopic (exact) mass is 262 g/mol. The van der Waals surface area contributed by atoms with E-state index in [1.807, 2.05) is 24.3 Å². The van der Waals surface area contributed by atoms with E-state index in [9.17, 15) is 4.79 Å². The molecule has 104 valence electrons. The third-order valence-electron chi connectivity index (χ3n) is 3.53. The highest BCUT2D eigenvalue weighted by Gasteiger charge is 2.17. The van der Waals surface area contributed by atoms with Gasteiger partial charge in [0.2, 0.25) is 5.91 Å². The Morgan fingerprint density at radius 2 is 2.21 bits per heavy atom. The van der Waals surface area contributed by atoms with Crippen LogP contribution >= 0.6 is 0 Å². The zero-order valence-electron chi connectivity index (χ0n) is 11.4. The van der Waals surface area contributed by atoms with Crippen molar-refractivity contribution in [2.24, 2.45) is 5.92 Å². The van der Waals surface area contributed by atoms with E-state index in [0.29, 0.717) is 18.9 Å². The summed E-state index contributed by atoms with van der Waals surface area (Å²) in [5.41, 5.74) is 1.21. The molecule has 1 aliphatic heterocycles. The minimum Gasteiger partial charge on any atom is -0.497 e. The molecule has 0 saturated carbocycles. The molecule has 1 unspecified atom stereocenters. The van der Waals surface area contributed by atoms with E-state index in [1.165, 1.54) is 5.56 Å². The van der Waals surface area contributed by atoms with Crippen LogP contribution in [0.2, 0.25) is 0 Å². The van der Waals surface area contributed by atoms with Gasteiger partial charge in [-0.15, -0.1) is 0 Å². The number of hydrogen-bond acceptors (Lipinski definition) is 3. The van der Waals surface area contributed by atoms with E-state index in [4.69, 9.17) is 4.74 Å². The first-order valence-corrected chi connectivity index (χ1v) is 6.88. The van der Waals surface area contributed by atoms with Crippen molar-refractivity contribution >= 4 is 5.91 Å². The number of ether oxygens (including phenoxy) is 1. The first kappa shape index (κ1) is 13.9. The average Bonchev–Trinajstić information content (AvgIpc) is 2.92. The van der Waals surface area contributed by atoms with Gasteiger partial charge in [-0.05, 0) is 49.5 Å². The van der Waals surface area contributed by atoms with Gasteiger partial charge in [-0.25, -0.2) is 0 Å². The number of hydrogen-bond donors (Lipinski definition) is 2. The Bertz CT molecular complexity index is 397. The molecule has 4 nitrogen and oxygen atoms in total. The molecule has 0 radical (unpaired) electrons. The van der Waals surface area contributed by atoms with Crippen LogP contribution in [0.1, 0.15) is 18.4 Å². The van der Waals surface area contributed by atoms with E-state index < -0.39 is 0 Å². The predicted octanol–water partition coefficient (Wildman–Crippen LogP) is 1.35. The fraction of sp³-hybridized carbons (Fsp3) is 0.533. The first-order valence-electron chi connectivity index (χ1n) is 6.88. The second-order valence-corrected chi connectivity index (χ2v) is 5.01. The molecule has 19 heavy (non-hydrogen) atoms. The molecule has 1 amide bonds. The zero-order valence-corrected chi connectivity index (χ0v) is 11.4. The van der Waals surface area contributed by atoms with Gasteiger partial charge >= 0.3 is 0 Å². The molecule has 2 N–H and O–H groups in total. The first-order chi connectivity index (χ1) is 9.28. The van der Waals surface area contributed by atoms with Crippen LogP contribution in [-0.2, 0) is 11.2 Å². The van der Waals surface area contributed by atoms with Gasteiger partial charge in [-0.2, -0.15) is 0 Å². The van der Waals surface area contributed by atoms with E-state index >= 15 is 0 Å². The molecule has 1 fully saturated rings. The summed E-state index contributed by atoms with van der Waals surface area (Å²) in [6, 6.07) is 7.96. The molecule has 1 aliphatic rings. The Morgan fingerprint density at radius 3 is 2.84 bits per heavy atom. The second-order valence-electron chi connectivity index (χ2n) is 5.01. The Kier molecular flexibility index (Phi) is 5.21. The minimum absolute atomic E-state index is 0.169. The van der Waals surface area contributed by atoms with Crippen LogP contribution in [0.4, 0.5) is 0 Å². The lowest BCUT2D eigenvalue weighted by atomic mass is 10.0. The number of nitrogens with one attached hydrogen (secondary N) is 2. The standard InChI is InChI=1S/C15H22N2O2/c1-19-14-4-2-12(3-5-14)7-9-17-15(18)10-13-6-8-16-11-13/h2-5,13,16H,6-11H2,1H3,(H,17,18). The van der Waals surface area contributed by atoms with E-state index in [0.717, 1.165) is 31.7 Å². The minimum atomic E-state index is 0.169. The normalized spacial score (nSPS) is 18.3. The Hall–Kier alpha value is -1.55. The highest BCUT2D eigenvalue weighted by Crippen LogP contribution is 2.12. The Labute approximate surface area is 114 Å². The van der Waals surface area contributed by atoms with Crippen LogP contribution in [0, 0.1) is 5.92 Å². The van der Waals surface area contributed by atoms with Crippen molar-refractivity contribution in [1.29, 1.82) is 0 Å². The summed E-state index contributed by atoms with van der Waals surface area (Å²) in [6.07, 6.45) is 2.63. The third kappa shape index (κ3) is 4.56. The molecule has 1 saturated heterocycles. The number of rotatable bonds is 6. The summed E-state index contributed by atoms with van der Waals surface area (Å²) in [6.45, 7) is 2.72. The topological polar surface area (TPSA) is 50.4 Å². The summed E-state index contributed by atoms with van der Waals surface area (Å²) in [7, 11) is 1.66. The lowest BCUT2D eigenvalue weighted by Crippen LogP contribution is -2.28. The zero-order chi connectivity index (χ0) is 13.5. The summed E-state index contributed by atoms with van der Waals surface area (Å²) in [4.78, 5) is 11.7. The molecule has 2 rings (SSSR count). The Balaban J connectivity index is 1.65. The maximum absolute atomic E-state index is 11.7. The molecule has 0 aromatic heterocycles. The van der Waals surface area contributed by atoms with Crippen molar-refractivity contribution in [2.75, 3.05) is 26.7 Å². The molecular weight excluding hydrogens is 240 g/mol.